The molecule has 1 saturated heterocycles. The molecule has 0 saturated carbocycles. The minimum absolute atomic E-state index is 0.0492. The van der Waals surface area contributed by atoms with Crippen LogP contribution in [-0.2, 0) is 21.1 Å². The summed E-state index contributed by atoms with van der Waals surface area (Å²) in [5.74, 6) is 0.715. The highest BCUT2D eigenvalue weighted by Crippen LogP contribution is 2.22. The zero-order valence-corrected chi connectivity index (χ0v) is 14.8. The van der Waals surface area contributed by atoms with Gasteiger partial charge in [0.05, 0.1) is 11.5 Å². The van der Waals surface area contributed by atoms with E-state index in [1.807, 2.05) is 0 Å². The van der Waals surface area contributed by atoms with E-state index in [4.69, 9.17) is 0 Å². The molecule has 0 aliphatic carbocycles. The maximum absolute atomic E-state index is 12.8. The van der Waals surface area contributed by atoms with Gasteiger partial charge >= 0.3 is 0 Å². The molecule has 1 aliphatic rings. The highest BCUT2D eigenvalue weighted by molar-refractivity contribution is 7.91. The third-order valence-corrected chi connectivity index (χ3v) is 6.31. The number of aryl methyl sites for hydroxylation is 1. The molecule has 1 aliphatic heterocycles. The molecule has 1 atom stereocenters. The average Bonchev–Trinajstić information content (AvgIpc) is 2.89. The Hall–Kier alpha value is -1.43. The first-order chi connectivity index (χ1) is 11.4. The van der Waals surface area contributed by atoms with Crippen LogP contribution in [0.1, 0.15) is 44.1 Å². The number of amides is 1. The highest BCUT2D eigenvalue weighted by Gasteiger charge is 2.27. The molecule has 1 fully saturated rings. The van der Waals surface area contributed by atoms with E-state index >= 15 is 0 Å². The summed E-state index contributed by atoms with van der Waals surface area (Å²) in [6.07, 6.45) is 5.52. The highest BCUT2D eigenvalue weighted by atomic mass is 32.2. The number of carbonyl (C=O) groups is 1. The predicted octanol–water partition coefficient (Wildman–Crippen LogP) is 2.87. The van der Waals surface area contributed by atoms with Crippen molar-refractivity contribution in [3.63, 3.8) is 0 Å². The average molecular weight is 355 g/mol. The summed E-state index contributed by atoms with van der Waals surface area (Å²) >= 11 is 0. The van der Waals surface area contributed by atoms with Crippen LogP contribution in [-0.4, -0.2) is 32.4 Å². The van der Waals surface area contributed by atoms with Crippen LogP contribution in [0.4, 0.5) is 4.39 Å². The smallest absolute Gasteiger partial charge is 0.219 e. The van der Waals surface area contributed by atoms with E-state index in [1.54, 1.807) is 12.1 Å². The normalized spacial score (nSPS) is 19.3. The Labute approximate surface area is 143 Å². The van der Waals surface area contributed by atoms with Gasteiger partial charge in [-0.05, 0) is 62.1 Å². The Morgan fingerprint density at radius 1 is 1.17 bits per heavy atom. The number of nitrogens with one attached hydrogen (secondary N) is 1. The zero-order chi connectivity index (χ0) is 17.4. The number of hydrogen-bond donors (Lipinski definition) is 1. The summed E-state index contributed by atoms with van der Waals surface area (Å²) in [6.45, 7) is 0.618. The lowest BCUT2D eigenvalue weighted by molar-refractivity contribution is -0.121. The van der Waals surface area contributed by atoms with Crippen LogP contribution in [0.15, 0.2) is 24.3 Å². The van der Waals surface area contributed by atoms with Gasteiger partial charge in [-0.2, -0.15) is 0 Å². The van der Waals surface area contributed by atoms with Crippen LogP contribution in [0.3, 0.4) is 0 Å². The maximum Gasteiger partial charge on any atom is 0.219 e. The van der Waals surface area contributed by atoms with Crippen molar-refractivity contribution in [2.45, 2.75) is 44.9 Å². The fourth-order valence-electron chi connectivity index (χ4n) is 3.07. The van der Waals surface area contributed by atoms with E-state index < -0.39 is 9.84 Å². The van der Waals surface area contributed by atoms with Crippen LogP contribution < -0.4 is 5.32 Å². The fraction of sp³-hybridized carbons (Fsp3) is 0.611. The van der Waals surface area contributed by atoms with Crippen LogP contribution in [0.25, 0.3) is 0 Å². The minimum atomic E-state index is -2.80. The Bertz CT molecular complexity index is 628. The van der Waals surface area contributed by atoms with E-state index in [2.05, 4.69) is 5.32 Å². The predicted molar refractivity (Wildman–Crippen MR) is 93.0 cm³/mol. The third-order valence-electron chi connectivity index (χ3n) is 4.47. The topological polar surface area (TPSA) is 63.2 Å². The lowest BCUT2D eigenvalue weighted by atomic mass is 10.0. The lowest BCUT2D eigenvalue weighted by Crippen LogP contribution is -2.24. The molecule has 6 heteroatoms. The van der Waals surface area contributed by atoms with Crippen LogP contribution in [0, 0.1) is 11.7 Å². The molecule has 1 aromatic rings. The van der Waals surface area contributed by atoms with Gasteiger partial charge < -0.3 is 5.32 Å². The molecule has 1 unspecified atom stereocenters. The van der Waals surface area contributed by atoms with E-state index in [-0.39, 0.29) is 17.6 Å². The number of unbranched alkanes of at least 4 members (excludes halogenated alkanes) is 1. The van der Waals surface area contributed by atoms with Gasteiger partial charge in [0, 0.05) is 13.0 Å². The second-order valence-electron chi connectivity index (χ2n) is 6.59. The molecule has 1 aromatic carbocycles. The Morgan fingerprint density at radius 2 is 1.92 bits per heavy atom. The first-order valence-corrected chi connectivity index (χ1v) is 10.5. The van der Waals surface area contributed by atoms with Gasteiger partial charge in [0.15, 0.2) is 9.84 Å². The van der Waals surface area contributed by atoms with Crippen molar-refractivity contribution < 1.29 is 17.6 Å². The lowest BCUT2D eigenvalue weighted by Gasteiger charge is -2.08. The number of benzene rings is 1. The van der Waals surface area contributed by atoms with E-state index in [0.717, 1.165) is 44.1 Å². The van der Waals surface area contributed by atoms with Crippen molar-refractivity contribution in [3.8, 4) is 0 Å². The standard InChI is InChI=1S/C18H26FNO3S/c19-17-9-7-15(8-10-17)4-1-2-6-18(21)20-12-3-5-16-11-13-24(22,23)14-16/h7-10,16H,1-6,11-14H2,(H,20,21). The molecule has 0 aromatic heterocycles. The second-order valence-corrected chi connectivity index (χ2v) is 8.82. The molecule has 24 heavy (non-hydrogen) atoms. The number of carbonyl (C=O) groups excluding carboxylic acids is 1. The quantitative estimate of drug-likeness (QED) is 0.693. The summed E-state index contributed by atoms with van der Waals surface area (Å²) in [5, 5.41) is 2.90. The van der Waals surface area contributed by atoms with Crippen molar-refractivity contribution in [2.24, 2.45) is 5.92 Å². The molecule has 0 bridgehead atoms. The number of rotatable bonds is 9. The zero-order valence-electron chi connectivity index (χ0n) is 14.0. The molecule has 0 spiro atoms. The van der Waals surface area contributed by atoms with Gasteiger partial charge in [0.2, 0.25) is 5.91 Å². The third kappa shape index (κ3) is 6.99. The van der Waals surface area contributed by atoms with Gasteiger partial charge in [-0.3, -0.25) is 4.79 Å². The van der Waals surface area contributed by atoms with Crippen molar-refractivity contribution in [3.05, 3.63) is 35.6 Å². The number of halogens is 1. The van der Waals surface area contributed by atoms with Crippen molar-refractivity contribution in [1.82, 2.24) is 5.32 Å². The largest absolute Gasteiger partial charge is 0.356 e. The van der Waals surface area contributed by atoms with Crippen molar-refractivity contribution in [1.29, 1.82) is 0 Å². The minimum Gasteiger partial charge on any atom is -0.356 e. The number of sulfone groups is 1. The summed E-state index contributed by atoms with van der Waals surface area (Å²) in [5.41, 5.74) is 1.09. The Kier molecular flexibility index (Phi) is 7.21. The van der Waals surface area contributed by atoms with Gasteiger partial charge in [0.25, 0.3) is 0 Å². The SMILES string of the molecule is O=C(CCCCc1ccc(F)cc1)NCCCC1CCS(=O)(=O)C1. The maximum atomic E-state index is 12.8. The van der Waals surface area contributed by atoms with Crippen LogP contribution in [0.2, 0.25) is 0 Å². The second kappa shape index (κ2) is 9.16. The number of hydrogen-bond acceptors (Lipinski definition) is 3. The first-order valence-electron chi connectivity index (χ1n) is 8.66. The molecule has 1 amide bonds. The van der Waals surface area contributed by atoms with Crippen LogP contribution in [0.5, 0.6) is 0 Å². The first kappa shape index (κ1) is 18.9. The van der Waals surface area contributed by atoms with E-state index in [1.165, 1.54) is 12.1 Å². The molecular formula is C18H26FNO3S. The van der Waals surface area contributed by atoms with Crippen molar-refractivity contribution in [2.75, 3.05) is 18.1 Å². The monoisotopic (exact) mass is 355 g/mol. The molecule has 0 radical (unpaired) electrons. The van der Waals surface area contributed by atoms with Gasteiger partial charge in [0.1, 0.15) is 5.82 Å². The molecular weight excluding hydrogens is 329 g/mol. The Morgan fingerprint density at radius 3 is 2.58 bits per heavy atom. The fourth-order valence-corrected chi connectivity index (χ4v) is 4.98. The Balaban J connectivity index is 1.49. The van der Waals surface area contributed by atoms with Gasteiger partial charge in [-0.25, -0.2) is 12.8 Å². The van der Waals surface area contributed by atoms with Crippen molar-refractivity contribution >= 4 is 15.7 Å². The summed E-state index contributed by atoms with van der Waals surface area (Å²) < 4.78 is 35.5. The molecule has 1 N–H and O–H groups in total. The van der Waals surface area contributed by atoms with E-state index in [9.17, 15) is 17.6 Å². The summed E-state index contributed by atoms with van der Waals surface area (Å²) in [4.78, 5) is 11.7. The van der Waals surface area contributed by atoms with Gasteiger partial charge in [-0.15, -0.1) is 0 Å². The summed E-state index contributed by atoms with van der Waals surface area (Å²) in [7, 11) is -2.80. The molecule has 2 rings (SSSR count). The van der Waals surface area contributed by atoms with Crippen LogP contribution >= 0.6 is 0 Å². The van der Waals surface area contributed by atoms with E-state index in [0.29, 0.717) is 24.5 Å². The molecule has 1 heterocycles. The van der Waals surface area contributed by atoms with Gasteiger partial charge in [-0.1, -0.05) is 12.1 Å². The molecule has 134 valence electrons. The molecule has 4 nitrogen and oxygen atoms in total. The summed E-state index contributed by atoms with van der Waals surface area (Å²) in [6, 6.07) is 6.46.